The van der Waals surface area contributed by atoms with Gasteiger partial charge in [0, 0.05) is 24.5 Å². The third-order valence-corrected chi connectivity index (χ3v) is 8.97. The van der Waals surface area contributed by atoms with Crippen LogP contribution in [0.2, 0.25) is 5.02 Å². The zero-order valence-electron chi connectivity index (χ0n) is 24.7. The van der Waals surface area contributed by atoms with Gasteiger partial charge in [0.2, 0.25) is 11.8 Å². The van der Waals surface area contributed by atoms with Crippen molar-refractivity contribution in [3.05, 3.63) is 125 Å². The molecule has 0 spiro atoms. The van der Waals surface area contributed by atoms with Crippen molar-refractivity contribution in [1.29, 1.82) is 0 Å². The summed E-state index contributed by atoms with van der Waals surface area (Å²) in [4.78, 5) is 29.3. The number of nitrogens with zero attached hydrogens (tertiary/aromatic N) is 2. The van der Waals surface area contributed by atoms with Crippen LogP contribution in [-0.2, 0) is 32.6 Å². The molecule has 44 heavy (non-hydrogen) atoms. The number of hydrogen-bond donors (Lipinski definition) is 1. The molecule has 0 fully saturated rings. The Morgan fingerprint density at radius 3 is 2.02 bits per heavy atom. The van der Waals surface area contributed by atoms with Gasteiger partial charge in [0.15, 0.2) is 0 Å². The number of rotatable bonds is 14. The summed E-state index contributed by atoms with van der Waals surface area (Å²) in [5.74, 6) is -0.335. The van der Waals surface area contributed by atoms with E-state index < -0.39 is 28.5 Å². The van der Waals surface area contributed by atoms with E-state index in [1.54, 1.807) is 66.7 Å². The van der Waals surface area contributed by atoms with Gasteiger partial charge in [-0.25, -0.2) is 8.42 Å². The normalized spacial score (nSPS) is 11.8. The summed E-state index contributed by atoms with van der Waals surface area (Å²) in [6, 6.07) is 30.0. The highest BCUT2D eigenvalue weighted by molar-refractivity contribution is 7.92. The summed E-state index contributed by atoms with van der Waals surface area (Å²) in [6.07, 6.45) is 0.239. The predicted molar refractivity (Wildman–Crippen MR) is 173 cm³/mol. The Hall–Kier alpha value is -4.34. The third kappa shape index (κ3) is 8.39. The van der Waals surface area contributed by atoms with E-state index in [1.165, 1.54) is 17.0 Å². The minimum atomic E-state index is -4.20. The molecule has 1 N–H and O–H groups in total. The summed E-state index contributed by atoms with van der Waals surface area (Å²) < 4.78 is 34.7. The molecule has 10 heteroatoms. The van der Waals surface area contributed by atoms with Crippen LogP contribution in [0, 0.1) is 0 Å². The second kappa shape index (κ2) is 15.4. The number of benzene rings is 4. The molecular formula is C34H36ClN3O5S. The van der Waals surface area contributed by atoms with E-state index >= 15 is 0 Å². The molecule has 0 saturated heterocycles. The van der Waals surface area contributed by atoms with Crippen molar-refractivity contribution in [2.45, 2.75) is 37.8 Å². The second-order valence-electron chi connectivity index (χ2n) is 10.00. The van der Waals surface area contributed by atoms with Crippen molar-refractivity contribution in [3.63, 3.8) is 0 Å². The maximum Gasteiger partial charge on any atom is 0.264 e. The van der Waals surface area contributed by atoms with Crippen LogP contribution in [0.1, 0.15) is 25.0 Å². The van der Waals surface area contributed by atoms with Crippen molar-refractivity contribution >= 4 is 39.1 Å². The van der Waals surface area contributed by atoms with Gasteiger partial charge < -0.3 is 15.0 Å². The molecule has 2 amide bonds. The number of amides is 2. The average molecular weight is 634 g/mol. The van der Waals surface area contributed by atoms with Gasteiger partial charge in [-0.2, -0.15) is 0 Å². The molecule has 0 aliphatic heterocycles. The Morgan fingerprint density at radius 2 is 1.43 bits per heavy atom. The van der Waals surface area contributed by atoms with Crippen LogP contribution >= 0.6 is 11.6 Å². The topological polar surface area (TPSA) is 96.0 Å². The smallest absolute Gasteiger partial charge is 0.264 e. The first kappa shape index (κ1) is 32.6. The number of hydrogen-bond acceptors (Lipinski definition) is 5. The van der Waals surface area contributed by atoms with Crippen molar-refractivity contribution in [3.8, 4) is 5.75 Å². The first-order valence-electron chi connectivity index (χ1n) is 14.4. The summed E-state index contributed by atoms with van der Waals surface area (Å²) in [5.41, 5.74) is 1.92. The van der Waals surface area contributed by atoms with Crippen LogP contribution in [0.15, 0.2) is 114 Å². The molecule has 0 aliphatic rings. The Balaban J connectivity index is 1.76. The van der Waals surface area contributed by atoms with Gasteiger partial charge in [0.1, 0.15) is 18.3 Å². The molecule has 0 aliphatic carbocycles. The van der Waals surface area contributed by atoms with Gasteiger partial charge in [0.05, 0.1) is 17.2 Å². The zero-order valence-corrected chi connectivity index (χ0v) is 26.3. The van der Waals surface area contributed by atoms with E-state index in [-0.39, 0.29) is 23.8 Å². The molecule has 0 aromatic heterocycles. The molecular weight excluding hydrogens is 598 g/mol. The molecule has 0 saturated carbocycles. The standard InChI is InChI=1S/C34H36ClN3O5S/c1-3-36-34(40)32(23-26-11-7-5-8-12-26)37(24-27-15-17-28(35)18-16-27)33(39)25-38(29-13-9-6-10-14-29)44(41,42)31-21-19-30(20-22-31)43-4-2/h5-22,32H,3-4,23-25H2,1-2H3,(H,36,40)/t32-/m0/s1. The number of likely N-dealkylation sites (N-methyl/N-ethyl adjacent to an activating group) is 1. The van der Waals surface area contributed by atoms with E-state index in [0.29, 0.717) is 29.6 Å². The lowest BCUT2D eigenvalue weighted by atomic mass is 10.0. The Kier molecular flexibility index (Phi) is 11.4. The van der Waals surface area contributed by atoms with Crippen molar-refractivity contribution in [2.24, 2.45) is 0 Å². The molecule has 0 radical (unpaired) electrons. The van der Waals surface area contributed by atoms with Crippen molar-refractivity contribution in [2.75, 3.05) is 24.0 Å². The van der Waals surface area contributed by atoms with E-state index in [4.69, 9.17) is 16.3 Å². The quantitative estimate of drug-likeness (QED) is 0.192. The highest BCUT2D eigenvalue weighted by atomic mass is 35.5. The number of nitrogens with one attached hydrogen (secondary N) is 1. The van der Waals surface area contributed by atoms with E-state index in [0.717, 1.165) is 15.4 Å². The summed E-state index contributed by atoms with van der Waals surface area (Å²) in [7, 11) is -4.20. The summed E-state index contributed by atoms with van der Waals surface area (Å²) >= 11 is 6.12. The predicted octanol–water partition coefficient (Wildman–Crippen LogP) is 5.71. The van der Waals surface area contributed by atoms with Gasteiger partial charge in [0.25, 0.3) is 10.0 Å². The lowest BCUT2D eigenvalue weighted by molar-refractivity contribution is -0.140. The number of anilines is 1. The maximum atomic E-state index is 14.3. The fourth-order valence-corrected chi connectivity index (χ4v) is 6.30. The molecule has 0 heterocycles. The second-order valence-corrected chi connectivity index (χ2v) is 12.3. The molecule has 230 valence electrons. The van der Waals surface area contributed by atoms with Crippen LogP contribution in [0.5, 0.6) is 5.75 Å². The van der Waals surface area contributed by atoms with E-state index in [9.17, 15) is 18.0 Å². The highest BCUT2D eigenvalue weighted by Gasteiger charge is 2.34. The minimum absolute atomic E-state index is 0.00594. The molecule has 8 nitrogen and oxygen atoms in total. The van der Waals surface area contributed by atoms with E-state index in [1.807, 2.05) is 44.2 Å². The lowest BCUT2D eigenvalue weighted by Gasteiger charge is -2.33. The summed E-state index contributed by atoms with van der Waals surface area (Å²) in [5, 5.41) is 3.39. The van der Waals surface area contributed by atoms with Crippen LogP contribution in [0.3, 0.4) is 0 Å². The number of ether oxygens (including phenoxy) is 1. The number of halogens is 1. The average Bonchev–Trinajstić information content (AvgIpc) is 3.03. The first-order valence-corrected chi connectivity index (χ1v) is 16.2. The largest absolute Gasteiger partial charge is 0.494 e. The number of para-hydroxylation sites is 1. The maximum absolute atomic E-state index is 14.3. The van der Waals surface area contributed by atoms with Crippen molar-refractivity contribution in [1.82, 2.24) is 10.2 Å². The van der Waals surface area contributed by atoms with Crippen LogP contribution < -0.4 is 14.4 Å². The number of carbonyl (C=O) groups excluding carboxylic acids is 2. The van der Waals surface area contributed by atoms with Gasteiger partial charge in [-0.3, -0.25) is 13.9 Å². The highest BCUT2D eigenvalue weighted by Crippen LogP contribution is 2.26. The van der Waals surface area contributed by atoms with Crippen LogP contribution in [0.4, 0.5) is 5.69 Å². The molecule has 0 bridgehead atoms. The van der Waals surface area contributed by atoms with Crippen molar-refractivity contribution < 1.29 is 22.7 Å². The number of carbonyl (C=O) groups is 2. The molecule has 1 atom stereocenters. The Bertz CT molecular complexity index is 1620. The van der Waals surface area contributed by atoms with Gasteiger partial charge in [-0.05, 0) is 73.5 Å². The first-order chi connectivity index (χ1) is 21.2. The summed E-state index contributed by atoms with van der Waals surface area (Å²) in [6.45, 7) is 4.00. The van der Waals surface area contributed by atoms with Gasteiger partial charge >= 0.3 is 0 Å². The van der Waals surface area contributed by atoms with E-state index in [2.05, 4.69) is 5.32 Å². The lowest BCUT2D eigenvalue weighted by Crippen LogP contribution is -2.53. The molecule has 4 aromatic rings. The molecule has 4 rings (SSSR count). The number of sulfonamides is 1. The molecule has 0 unspecified atom stereocenters. The van der Waals surface area contributed by atoms with Gasteiger partial charge in [-0.1, -0.05) is 72.3 Å². The Labute approximate surface area is 264 Å². The minimum Gasteiger partial charge on any atom is -0.494 e. The van der Waals surface area contributed by atoms with Gasteiger partial charge in [-0.15, -0.1) is 0 Å². The zero-order chi connectivity index (χ0) is 31.5. The van der Waals surface area contributed by atoms with Crippen LogP contribution in [0.25, 0.3) is 0 Å². The molecule has 4 aromatic carbocycles. The Morgan fingerprint density at radius 1 is 0.818 bits per heavy atom. The monoisotopic (exact) mass is 633 g/mol. The fraction of sp³-hybridized carbons (Fsp3) is 0.235. The fourth-order valence-electron chi connectivity index (χ4n) is 4.76. The third-order valence-electron chi connectivity index (χ3n) is 6.93. The SMILES string of the molecule is CCNC(=O)[C@H](Cc1ccccc1)N(Cc1ccc(Cl)cc1)C(=O)CN(c1ccccc1)S(=O)(=O)c1ccc(OCC)cc1. The van der Waals surface area contributed by atoms with Crippen LogP contribution in [-0.4, -0.2) is 50.9 Å².